The number of benzene rings is 1. The Balaban J connectivity index is 1.91. The fourth-order valence-electron chi connectivity index (χ4n) is 2.11. The maximum atomic E-state index is 14.1. The fraction of sp³-hybridized carbons (Fsp3) is 0.200. The first-order chi connectivity index (χ1) is 11.5. The minimum atomic E-state index is -0.765. The summed E-state index contributed by atoms with van der Waals surface area (Å²) < 4.78 is 29.1. The number of aryl methyl sites for hydroxylation is 2. The molecule has 0 aliphatic carbocycles. The normalized spacial score (nSPS) is 10.8. The van der Waals surface area contributed by atoms with Crippen LogP contribution >= 0.6 is 11.6 Å². The first kappa shape index (κ1) is 16.1. The van der Waals surface area contributed by atoms with E-state index in [1.165, 1.54) is 25.1 Å². The first-order valence-corrected chi connectivity index (χ1v) is 7.22. The molecule has 2 heterocycles. The number of carbonyl (C=O) groups excluding carboxylic acids is 1. The molecule has 0 aliphatic rings. The molecule has 0 fully saturated rings. The van der Waals surface area contributed by atoms with Crippen LogP contribution in [0.15, 0.2) is 27.2 Å². The Bertz CT molecular complexity index is 886. The van der Waals surface area contributed by atoms with Crippen molar-refractivity contribution in [1.29, 1.82) is 0 Å². The van der Waals surface area contributed by atoms with Gasteiger partial charge in [-0.3, -0.25) is 0 Å². The number of aromatic nitrogens is 3. The van der Waals surface area contributed by atoms with Crippen LogP contribution in [0.3, 0.4) is 0 Å². The molecule has 0 unspecified atom stereocenters. The van der Waals surface area contributed by atoms with Crippen molar-refractivity contribution in [2.45, 2.75) is 20.5 Å². The van der Waals surface area contributed by atoms with E-state index in [1.54, 1.807) is 6.92 Å². The second-order valence-electron chi connectivity index (χ2n) is 4.87. The second kappa shape index (κ2) is 6.40. The van der Waals surface area contributed by atoms with E-state index in [1.807, 2.05) is 0 Å². The monoisotopic (exact) mass is 351 g/mol. The Labute approximate surface area is 140 Å². The Morgan fingerprint density at radius 1 is 1.29 bits per heavy atom. The lowest BCUT2D eigenvalue weighted by molar-refractivity contribution is 0.0428. The molecule has 9 heteroatoms. The van der Waals surface area contributed by atoms with E-state index in [2.05, 4.69) is 15.3 Å². The molecule has 0 saturated heterocycles. The minimum absolute atomic E-state index is 0.0155. The lowest BCUT2D eigenvalue weighted by atomic mass is 10.1. The molecule has 0 spiro atoms. The Morgan fingerprint density at radius 3 is 2.75 bits per heavy atom. The smallest absolute Gasteiger partial charge is 0.344 e. The Hall–Kier alpha value is -2.74. The van der Waals surface area contributed by atoms with Crippen LogP contribution in [0.2, 0.25) is 5.02 Å². The number of esters is 1. The van der Waals surface area contributed by atoms with E-state index >= 15 is 0 Å². The Morgan fingerprint density at radius 2 is 2.08 bits per heavy atom. The first-order valence-electron chi connectivity index (χ1n) is 6.84. The quantitative estimate of drug-likeness (QED) is 0.664. The van der Waals surface area contributed by atoms with E-state index in [9.17, 15) is 9.18 Å². The number of hydrogen-bond acceptors (Lipinski definition) is 7. The summed E-state index contributed by atoms with van der Waals surface area (Å²) in [7, 11) is 0. The van der Waals surface area contributed by atoms with Gasteiger partial charge in [0.25, 0.3) is 5.89 Å². The largest absolute Gasteiger partial charge is 0.452 e. The molecule has 2 aromatic heterocycles. The van der Waals surface area contributed by atoms with Crippen LogP contribution in [0.5, 0.6) is 0 Å². The Kier molecular flexibility index (Phi) is 4.30. The molecule has 0 bridgehead atoms. The fourth-order valence-corrected chi connectivity index (χ4v) is 2.36. The molecule has 24 heavy (non-hydrogen) atoms. The van der Waals surface area contributed by atoms with Crippen LogP contribution in [-0.4, -0.2) is 21.3 Å². The van der Waals surface area contributed by atoms with E-state index in [-0.39, 0.29) is 40.1 Å². The number of ether oxygens (including phenoxy) is 1. The number of rotatable bonds is 4. The summed E-state index contributed by atoms with van der Waals surface area (Å²) in [5, 5.41) is 7.43. The standard InChI is InChI=1S/C15H11ClFN3O4/c1-7-12(15(21)22-6-11-18-8(2)19-24-11)14(20-23-7)13-9(16)4-3-5-10(13)17/h3-5H,6H2,1-2H3. The van der Waals surface area contributed by atoms with Crippen LogP contribution in [0.25, 0.3) is 11.3 Å². The molecule has 0 aliphatic heterocycles. The van der Waals surface area contributed by atoms with Gasteiger partial charge in [-0.05, 0) is 26.0 Å². The summed E-state index contributed by atoms with van der Waals surface area (Å²) in [6.45, 7) is 2.92. The minimum Gasteiger partial charge on any atom is -0.452 e. The van der Waals surface area contributed by atoms with E-state index in [0.29, 0.717) is 5.82 Å². The molecule has 0 amide bonds. The molecule has 7 nitrogen and oxygen atoms in total. The van der Waals surface area contributed by atoms with Gasteiger partial charge in [0.15, 0.2) is 12.4 Å². The SMILES string of the molecule is Cc1noc(COC(=O)c2c(-c3c(F)cccc3Cl)noc2C)n1. The molecule has 124 valence electrons. The average Bonchev–Trinajstić information content (AvgIpc) is 3.11. The molecular formula is C15H11ClFN3O4. The zero-order valence-corrected chi connectivity index (χ0v) is 13.4. The van der Waals surface area contributed by atoms with Gasteiger partial charge in [-0.1, -0.05) is 28.0 Å². The second-order valence-corrected chi connectivity index (χ2v) is 5.28. The van der Waals surface area contributed by atoms with Crippen LogP contribution < -0.4 is 0 Å². The third kappa shape index (κ3) is 3.00. The van der Waals surface area contributed by atoms with Crippen molar-refractivity contribution in [3.05, 3.63) is 52.1 Å². The maximum Gasteiger partial charge on any atom is 0.344 e. The van der Waals surface area contributed by atoms with Crippen LogP contribution in [-0.2, 0) is 11.3 Å². The van der Waals surface area contributed by atoms with Gasteiger partial charge >= 0.3 is 5.97 Å². The summed E-state index contributed by atoms with van der Waals surface area (Å²) >= 11 is 6.02. The highest BCUT2D eigenvalue weighted by Crippen LogP contribution is 2.33. The van der Waals surface area contributed by atoms with Crippen molar-refractivity contribution >= 4 is 17.6 Å². The van der Waals surface area contributed by atoms with Gasteiger partial charge in [-0.2, -0.15) is 4.98 Å². The third-order valence-corrected chi connectivity index (χ3v) is 3.48. The van der Waals surface area contributed by atoms with Gasteiger partial charge in [-0.25, -0.2) is 9.18 Å². The highest BCUT2D eigenvalue weighted by atomic mass is 35.5. The van der Waals surface area contributed by atoms with Crippen molar-refractivity contribution in [2.24, 2.45) is 0 Å². The summed E-state index contributed by atoms with van der Waals surface area (Å²) in [5.74, 6) is -0.659. The van der Waals surface area contributed by atoms with Crippen molar-refractivity contribution < 1.29 is 23.0 Å². The molecule has 3 aromatic rings. The summed E-state index contributed by atoms with van der Waals surface area (Å²) in [4.78, 5) is 16.3. The lowest BCUT2D eigenvalue weighted by Gasteiger charge is -2.05. The molecule has 0 saturated carbocycles. The topological polar surface area (TPSA) is 91.2 Å². The van der Waals surface area contributed by atoms with Gasteiger partial charge in [0.1, 0.15) is 22.8 Å². The summed E-state index contributed by atoms with van der Waals surface area (Å²) in [6, 6.07) is 4.14. The highest BCUT2D eigenvalue weighted by Gasteiger charge is 2.26. The van der Waals surface area contributed by atoms with Gasteiger partial charge in [0.05, 0.1) is 10.6 Å². The third-order valence-electron chi connectivity index (χ3n) is 3.16. The zero-order chi connectivity index (χ0) is 17.3. The van der Waals surface area contributed by atoms with Crippen LogP contribution in [0.4, 0.5) is 4.39 Å². The lowest BCUT2D eigenvalue weighted by Crippen LogP contribution is -2.08. The molecule has 0 radical (unpaired) electrons. The van der Waals surface area contributed by atoms with Crippen molar-refractivity contribution in [3.63, 3.8) is 0 Å². The zero-order valence-electron chi connectivity index (χ0n) is 12.7. The van der Waals surface area contributed by atoms with E-state index in [0.717, 1.165) is 0 Å². The molecular weight excluding hydrogens is 341 g/mol. The van der Waals surface area contributed by atoms with Crippen molar-refractivity contribution in [3.8, 4) is 11.3 Å². The van der Waals surface area contributed by atoms with Gasteiger partial charge in [0, 0.05) is 0 Å². The summed E-state index contributed by atoms with van der Waals surface area (Å²) in [6.07, 6.45) is 0. The highest BCUT2D eigenvalue weighted by molar-refractivity contribution is 6.33. The average molecular weight is 352 g/mol. The molecule has 0 N–H and O–H groups in total. The van der Waals surface area contributed by atoms with E-state index < -0.39 is 11.8 Å². The van der Waals surface area contributed by atoms with Crippen molar-refractivity contribution in [2.75, 3.05) is 0 Å². The predicted molar refractivity (Wildman–Crippen MR) is 79.8 cm³/mol. The van der Waals surface area contributed by atoms with Gasteiger partial charge in [-0.15, -0.1) is 0 Å². The van der Waals surface area contributed by atoms with Crippen LogP contribution in [0.1, 0.15) is 27.8 Å². The predicted octanol–water partition coefficient (Wildman–Crippen LogP) is 3.49. The summed E-state index contributed by atoms with van der Waals surface area (Å²) in [5.41, 5.74) is -0.0721. The van der Waals surface area contributed by atoms with Crippen LogP contribution in [0, 0.1) is 19.7 Å². The van der Waals surface area contributed by atoms with Crippen molar-refractivity contribution in [1.82, 2.24) is 15.3 Å². The van der Waals surface area contributed by atoms with E-state index in [4.69, 9.17) is 25.4 Å². The number of nitrogens with zero attached hydrogens (tertiary/aromatic N) is 3. The molecule has 3 rings (SSSR count). The number of hydrogen-bond donors (Lipinski definition) is 0. The van der Waals surface area contributed by atoms with Gasteiger partial charge in [0.2, 0.25) is 0 Å². The number of carbonyl (C=O) groups is 1. The number of halogens is 2. The van der Waals surface area contributed by atoms with Gasteiger partial charge < -0.3 is 13.8 Å². The molecule has 0 atom stereocenters. The maximum absolute atomic E-state index is 14.1. The molecule has 1 aromatic carbocycles.